The van der Waals surface area contributed by atoms with E-state index in [1.54, 1.807) is 0 Å². The highest BCUT2D eigenvalue weighted by Gasteiger charge is 0.976. The van der Waals surface area contributed by atoms with Crippen LogP contribution in [0.4, 0.5) is 0 Å². The van der Waals surface area contributed by atoms with Crippen LogP contribution in [-0.4, -0.2) is 0 Å². The van der Waals surface area contributed by atoms with Gasteiger partial charge in [-0.05, 0) is 0 Å². The van der Waals surface area contributed by atoms with Crippen LogP contribution in [0.15, 0.2) is 0 Å². The molecule has 0 aliphatic heterocycles. The molecule has 0 saturated carbocycles. The first kappa shape index (κ1) is 356. The largest absolute Gasteiger partial charge is 0.0776 e. The van der Waals surface area contributed by atoms with Gasteiger partial charge in [-0.3, -0.25) is 0 Å². The molecule has 0 aromatic carbocycles. The highest BCUT2D eigenvalue weighted by molar-refractivity contribution is 3.55. The molecular weight excluding hydrogens is 697 g/mol. The molecule has 0 amide bonds. The minimum atomic E-state index is 0. The summed E-state index contributed by atoms with van der Waals surface area (Å²) in [6.45, 7) is 92.0. The van der Waals surface area contributed by atoms with Gasteiger partial charge in [0.1, 0.15) is 0 Å². The third-order valence-corrected chi connectivity index (χ3v) is 0. The molecule has 0 radical (unpaired) electrons. The van der Waals surface area contributed by atoms with Gasteiger partial charge in [0.05, 0.1) is 0 Å². The second-order valence-corrected chi connectivity index (χ2v) is 0. The van der Waals surface area contributed by atoms with Gasteiger partial charge < -0.3 is 0 Å². The smallest absolute Gasteiger partial charge is 0.0683 e. The minimum Gasteiger partial charge on any atom is -0.0776 e. The molecule has 0 aromatic heterocycles. The molecular formula is C58H186. The first-order valence-electron chi connectivity index (χ1n) is 23.0. The Hall–Kier alpha value is 0. The Morgan fingerprint density at radius 3 is 0.0517 bits per heavy atom. The van der Waals surface area contributed by atoms with E-state index in [-0.39, 0.29) is 89.1 Å². The van der Waals surface area contributed by atoms with E-state index in [1.165, 1.54) is 0 Å². The van der Waals surface area contributed by atoms with Gasteiger partial charge in [0.25, 0.3) is 0 Å². The van der Waals surface area contributed by atoms with Gasteiger partial charge in [0, 0.05) is 0 Å². The monoisotopic (exact) mass is 883 g/mol. The van der Waals surface area contributed by atoms with E-state index in [0.717, 1.165) is 0 Å². The van der Waals surface area contributed by atoms with Crippen LogP contribution in [0.2, 0.25) is 0 Å². The van der Waals surface area contributed by atoms with Crippen molar-refractivity contribution in [1.82, 2.24) is 0 Å². The van der Waals surface area contributed by atoms with Gasteiger partial charge >= 0.3 is 0 Å². The Morgan fingerprint density at radius 2 is 0.0517 bits per heavy atom. The summed E-state index contributed by atoms with van der Waals surface area (Å²) in [6, 6.07) is 0. The van der Waals surface area contributed by atoms with E-state index >= 15 is 0 Å². The molecule has 0 heterocycles. The van der Waals surface area contributed by atoms with Crippen LogP contribution in [0.3, 0.4) is 0 Å². The average molecular weight is 884 g/mol. The molecule has 0 spiro atoms. The highest BCUT2D eigenvalue weighted by atomic mass is 13.1. The summed E-state index contributed by atoms with van der Waals surface area (Å²) in [5.41, 5.74) is 0. The van der Waals surface area contributed by atoms with Crippen molar-refractivity contribution in [3.63, 3.8) is 0 Å². The predicted octanol–water partition coefficient (Wildman–Crippen LogP) is 31.2. The Labute approximate surface area is 406 Å². The van der Waals surface area contributed by atoms with Gasteiger partial charge in [0.15, 0.2) is 0 Å². The Bertz CT molecular complexity index is 0. The standard InChI is InChI=1S/23C2H6.12CH4/c23*1-2;;;;;;;;;;;;/h23*1-2H3;12*1H4. The number of rotatable bonds is 0. The molecule has 0 rings (SSSR count). The fourth-order valence-corrected chi connectivity index (χ4v) is 0. The summed E-state index contributed by atoms with van der Waals surface area (Å²) < 4.78 is 0. The van der Waals surface area contributed by atoms with Crippen LogP contribution < -0.4 is 0 Å². The second-order valence-electron chi connectivity index (χ2n) is 0. The van der Waals surface area contributed by atoms with Crippen molar-refractivity contribution < 1.29 is 0 Å². The van der Waals surface area contributed by atoms with Crippen LogP contribution in [0.25, 0.3) is 0 Å². The topological polar surface area (TPSA) is 0 Å². The van der Waals surface area contributed by atoms with Crippen LogP contribution in [0.1, 0.15) is 408 Å². The summed E-state index contributed by atoms with van der Waals surface area (Å²) in [6.07, 6.45) is 0. The maximum atomic E-state index is 2.00. The van der Waals surface area contributed by atoms with Gasteiger partial charge in [0.2, 0.25) is 0 Å². The van der Waals surface area contributed by atoms with Crippen molar-refractivity contribution in [3.8, 4) is 0 Å². The van der Waals surface area contributed by atoms with Gasteiger partial charge in [-0.25, -0.2) is 0 Å². The molecule has 0 saturated heterocycles. The van der Waals surface area contributed by atoms with Crippen molar-refractivity contribution >= 4 is 0 Å². The lowest BCUT2D eigenvalue weighted by Gasteiger charge is -1.07. The highest BCUT2D eigenvalue weighted by Crippen LogP contribution is 1.19. The second kappa shape index (κ2) is 0. The fraction of sp³-hybridized carbons (Fsp3) is 1.00. The first-order valence-corrected chi connectivity index (χ1v) is 23.0. The summed E-state index contributed by atoms with van der Waals surface area (Å²) in [5, 5.41) is 0. The molecule has 0 atom stereocenters. The lowest BCUT2D eigenvalue weighted by molar-refractivity contribution is 1.50. The number of hydrogen-bond donors (Lipinski definition) is 0. The SMILES string of the molecule is C.C.C.C.C.C.C.C.C.C.C.C.CC.CC.CC.CC.CC.CC.CC.CC.CC.CC.CC.CC.CC.CC.CC.CC.CC.CC.CC.CC.CC.CC.CC. The Balaban J connectivity index is -0.00000000286. The van der Waals surface area contributed by atoms with E-state index in [0.29, 0.717) is 0 Å². The van der Waals surface area contributed by atoms with Gasteiger partial charge in [-0.2, -0.15) is 0 Å². The normalized spacial score (nSPS) is 2.38. The molecule has 58 heavy (non-hydrogen) atoms. The van der Waals surface area contributed by atoms with Crippen LogP contribution >= 0.6 is 0 Å². The summed E-state index contributed by atoms with van der Waals surface area (Å²) in [7, 11) is 0. The summed E-state index contributed by atoms with van der Waals surface area (Å²) in [4.78, 5) is 0. The Kier molecular flexibility index (Phi) is 0. The van der Waals surface area contributed by atoms with E-state index in [2.05, 4.69) is 0 Å². The van der Waals surface area contributed by atoms with E-state index in [4.69, 9.17) is 0 Å². The molecule has 0 bridgehead atoms. The van der Waals surface area contributed by atoms with Gasteiger partial charge in [-0.1, -0.05) is 408 Å². The molecule has 0 N–H and O–H groups in total. The zero-order valence-electron chi connectivity index (χ0n) is 46.0. The Morgan fingerprint density at radius 1 is 0.0517 bits per heavy atom. The van der Waals surface area contributed by atoms with Crippen molar-refractivity contribution in [1.29, 1.82) is 0 Å². The molecule has 0 unspecified atom stereocenters. The quantitative estimate of drug-likeness (QED) is 0.227. The van der Waals surface area contributed by atoms with Crippen molar-refractivity contribution in [2.45, 2.75) is 408 Å². The predicted molar refractivity (Wildman–Crippen MR) is 342 cm³/mol. The molecule has 0 fully saturated rings. The lowest BCUT2D eigenvalue weighted by atomic mass is 11.0. The van der Waals surface area contributed by atoms with Gasteiger partial charge in [-0.15, -0.1) is 0 Å². The zero-order valence-corrected chi connectivity index (χ0v) is 46.0. The van der Waals surface area contributed by atoms with Crippen LogP contribution in [-0.2, 0) is 0 Å². The summed E-state index contributed by atoms with van der Waals surface area (Å²) in [5.74, 6) is 0. The summed E-state index contributed by atoms with van der Waals surface area (Å²) >= 11 is 0. The van der Waals surface area contributed by atoms with Crippen LogP contribution in [0, 0.1) is 0 Å². The van der Waals surface area contributed by atoms with Crippen LogP contribution in [0.5, 0.6) is 0 Å². The molecule has 418 valence electrons. The van der Waals surface area contributed by atoms with Crippen molar-refractivity contribution in [3.05, 3.63) is 0 Å². The van der Waals surface area contributed by atoms with E-state index in [1.807, 2.05) is 318 Å². The molecule has 0 nitrogen and oxygen atoms in total. The maximum Gasteiger partial charge on any atom is -0.0683 e. The average Bonchev–Trinajstić information content (AvgIpc) is 3.31. The maximum absolute atomic E-state index is 2.00. The molecule has 0 heteroatoms. The van der Waals surface area contributed by atoms with E-state index in [9.17, 15) is 0 Å². The van der Waals surface area contributed by atoms with Crippen molar-refractivity contribution in [2.75, 3.05) is 0 Å². The third-order valence-electron chi connectivity index (χ3n) is 0. The minimum absolute atomic E-state index is 0. The molecule has 0 aliphatic rings. The van der Waals surface area contributed by atoms with Crippen molar-refractivity contribution in [2.24, 2.45) is 0 Å². The lowest BCUT2D eigenvalue weighted by Crippen LogP contribution is -0.856. The molecule has 0 aromatic rings. The fourth-order valence-electron chi connectivity index (χ4n) is 0. The number of hydrogen-bond acceptors (Lipinski definition) is 0. The molecule has 0 aliphatic carbocycles. The third kappa shape index (κ3) is 0. The first-order chi connectivity index (χ1) is 23.0. The van der Waals surface area contributed by atoms with E-state index < -0.39 is 0 Å². The zero-order chi connectivity index (χ0) is 46.0.